The Kier molecular flexibility index (Phi) is 6.59. The van der Waals surface area contributed by atoms with E-state index < -0.39 is 20.4 Å². The van der Waals surface area contributed by atoms with Gasteiger partial charge in [-0.05, 0) is 12.3 Å². The number of aliphatic hydroxyl groups is 1. The van der Waals surface area contributed by atoms with Crippen LogP contribution in [-0.4, -0.2) is 23.6 Å². The Labute approximate surface area is 98.4 Å². The van der Waals surface area contributed by atoms with Gasteiger partial charge in [0.05, 0.1) is 6.04 Å². The number of aliphatic hydroxyl groups excluding tert-OH is 1. The van der Waals surface area contributed by atoms with E-state index in [9.17, 15) is 9.67 Å². The Morgan fingerprint density at radius 2 is 2.06 bits per heavy atom. The first kappa shape index (κ1) is 14.2. The van der Waals surface area contributed by atoms with Crippen LogP contribution in [0, 0.1) is 5.92 Å². The quantitative estimate of drug-likeness (QED) is 0.558. The van der Waals surface area contributed by atoms with Crippen LogP contribution in [0.3, 0.4) is 0 Å². The minimum Gasteiger partial charge on any atom is -0.366 e. The number of hydrogen-bond acceptors (Lipinski definition) is 4. The van der Waals surface area contributed by atoms with Gasteiger partial charge in [-0.1, -0.05) is 39.0 Å². The summed E-state index contributed by atoms with van der Waals surface area (Å²) in [5.41, 5.74) is 5.85. The number of nitrogens with two attached hydrogens (primary N) is 1. The van der Waals surface area contributed by atoms with Gasteiger partial charge in [0.1, 0.15) is 0 Å². The van der Waals surface area contributed by atoms with Crippen LogP contribution in [0.5, 0.6) is 0 Å². The molecule has 0 amide bonds. The van der Waals surface area contributed by atoms with E-state index in [4.69, 9.17) is 10.3 Å². The molecule has 1 aliphatic rings. The normalized spacial score (nSPS) is 23.9. The summed E-state index contributed by atoms with van der Waals surface area (Å²) in [6.45, 7) is 1.78. The van der Waals surface area contributed by atoms with E-state index in [1.54, 1.807) is 6.92 Å². The molecule has 2 unspecified atom stereocenters. The molecular weight excluding hydrogens is 225 g/mol. The van der Waals surface area contributed by atoms with E-state index in [1.807, 2.05) is 0 Å². The molecular formula is C11H24NO3P. The summed E-state index contributed by atoms with van der Waals surface area (Å²) in [6, 6.07) is -0.399. The lowest BCUT2D eigenvalue weighted by Crippen LogP contribution is -2.37. The molecule has 5 heteroatoms. The molecule has 16 heavy (non-hydrogen) atoms. The van der Waals surface area contributed by atoms with E-state index >= 15 is 0 Å². The molecule has 0 aromatic rings. The monoisotopic (exact) mass is 249 g/mol. The molecule has 1 fully saturated rings. The first-order valence-corrected chi connectivity index (χ1v) is 7.79. The maximum absolute atomic E-state index is 11.2. The number of rotatable bonds is 6. The van der Waals surface area contributed by atoms with E-state index in [0.717, 1.165) is 6.42 Å². The predicted octanol–water partition coefficient (Wildman–Crippen LogP) is 2.11. The third kappa shape index (κ3) is 4.96. The summed E-state index contributed by atoms with van der Waals surface area (Å²) >= 11 is 0. The highest BCUT2D eigenvalue weighted by molar-refractivity contribution is 7.39. The van der Waals surface area contributed by atoms with Crippen molar-refractivity contribution in [3.05, 3.63) is 0 Å². The van der Waals surface area contributed by atoms with Gasteiger partial charge in [0, 0.05) is 6.16 Å². The van der Waals surface area contributed by atoms with Crippen LogP contribution in [0.2, 0.25) is 0 Å². The Hall–Kier alpha value is 0.110. The van der Waals surface area contributed by atoms with Crippen LogP contribution in [0.15, 0.2) is 0 Å². The van der Waals surface area contributed by atoms with E-state index in [2.05, 4.69) is 0 Å². The third-order valence-corrected chi connectivity index (χ3v) is 4.32. The fraction of sp³-hybridized carbons (Fsp3) is 1.00. The van der Waals surface area contributed by atoms with Crippen molar-refractivity contribution in [1.29, 1.82) is 0 Å². The van der Waals surface area contributed by atoms with Gasteiger partial charge in [-0.15, -0.1) is 0 Å². The Morgan fingerprint density at radius 3 is 2.62 bits per heavy atom. The van der Waals surface area contributed by atoms with Crippen LogP contribution in [0.25, 0.3) is 0 Å². The topological polar surface area (TPSA) is 72.5 Å². The molecule has 0 aromatic carbocycles. The van der Waals surface area contributed by atoms with Crippen molar-refractivity contribution in [3.63, 3.8) is 0 Å². The van der Waals surface area contributed by atoms with Gasteiger partial charge in [-0.3, -0.25) is 9.09 Å². The second-order valence-corrected chi connectivity index (χ2v) is 6.32. The smallest absolute Gasteiger partial charge is 0.193 e. The highest BCUT2D eigenvalue weighted by Crippen LogP contribution is 2.29. The summed E-state index contributed by atoms with van der Waals surface area (Å²) < 4.78 is 16.1. The first-order chi connectivity index (χ1) is 7.63. The zero-order valence-corrected chi connectivity index (χ0v) is 11.0. The standard InChI is InChI=1S/C11H24NO3P/c1-2-16(14)15-11(13)10(12)8-9-6-4-3-5-7-9/h9-11,13,16H,2-8,12H2,1H3/t10-,11?/m0/s1. The van der Waals surface area contributed by atoms with Gasteiger partial charge in [-0.25, -0.2) is 0 Å². The molecule has 0 saturated heterocycles. The van der Waals surface area contributed by atoms with Crippen LogP contribution < -0.4 is 5.73 Å². The second kappa shape index (κ2) is 7.44. The molecule has 3 N–H and O–H groups in total. The fourth-order valence-corrected chi connectivity index (χ4v) is 2.84. The van der Waals surface area contributed by atoms with Crippen molar-refractivity contribution < 1.29 is 14.2 Å². The molecule has 1 aliphatic carbocycles. The molecule has 0 aromatic heterocycles. The van der Waals surface area contributed by atoms with Crippen LogP contribution in [0.1, 0.15) is 45.4 Å². The summed E-state index contributed by atoms with van der Waals surface area (Å²) in [5, 5.41) is 9.63. The van der Waals surface area contributed by atoms with Crippen molar-refractivity contribution in [2.75, 3.05) is 6.16 Å². The average Bonchev–Trinajstić information content (AvgIpc) is 2.30. The van der Waals surface area contributed by atoms with Crippen molar-refractivity contribution in [2.45, 2.75) is 57.8 Å². The summed E-state index contributed by atoms with van der Waals surface area (Å²) in [5.74, 6) is 0.603. The van der Waals surface area contributed by atoms with Gasteiger partial charge in [0.15, 0.2) is 14.3 Å². The Morgan fingerprint density at radius 1 is 1.44 bits per heavy atom. The third-order valence-electron chi connectivity index (χ3n) is 3.24. The first-order valence-electron chi connectivity index (χ1n) is 6.26. The summed E-state index contributed by atoms with van der Waals surface area (Å²) in [4.78, 5) is 0. The molecule has 96 valence electrons. The lowest BCUT2D eigenvalue weighted by molar-refractivity contribution is -0.0366. The molecule has 4 nitrogen and oxygen atoms in total. The van der Waals surface area contributed by atoms with Gasteiger partial charge in [0.2, 0.25) is 0 Å². The van der Waals surface area contributed by atoms with Crippen molar-refractivity contribution >= 4 is 8.03 Å². The summed E-state index contributed by atoms with van der Waals surface area (Å²) in [7, 11) is -2.09. The predicted molar refractivity (Wildman–Crippen MR) is 65.8 cm³/mol. The fourth-order valence-electron chi connectivity index (χ4n) is 2.23. The lowest BCUT2D eigenvalue weighted by Gasteiger charge is -2.26. The van der Waals surface area contributed by atoms with Crippen LogP contribution in [0.4, 0.5) is 0 Å². The van der Waals surface area contributed by atoms with Crippen molar-refractivity contribution in [2.24, 2.45) is 11.7 Å². The second-order valence-electron chi connectivity index (χ2n) is 4.64. The zero-order valence-electron chi connectivity index (χ0n) is 10.0. The van der Waals surface area contributed by atoms with Gasteiger partial charge in [0.25, 0.3) is 0 Å². The van der Waals surface area contributed by atoms with Gasteiger partial charge in [-0.2, -0.15) is 0 Å². The van der Waals surface area contributed by atoms with Crippen LogP contribution in [-0.2, 0) is 9.09 Å². The molecule has 0 spiro atoms. The minimum atomic E-state index is -2.09. The van der Waals surface area contributed by atoms with Gasteiger partial charge >= 0.3 is 0 Å². The maximum atomic E-state index is 11.2. The van der Waals surface area contributed by atoms with Crippen molar-refractivity contribution in [3.8, 4) is 0 Å². The average molecular weight is 249 g/mol. The Bertz CT molecular complexity index is 219. The summed E-state index contributed by atoms with van der Waals surface area (Å²) in [6.07, 6.45) is 6.41. The molecule has 0 bridgehead atoms. The van der Waals surface area contributed by atoms with Crippen molar-refractivity contribution in [1.82, 2.24) is 0 Å². The highest BCUT2D eigenvalue weighted by Gasteiger charge is 2.22. The maximum Gasteiger partial charge on any atom is 0.193 e. The lowest BCUT2D eigenvalue weighted by atomic mass is 9.85. The largest absolute Gasteiger partial charge is 0.366 e. The van der Waals surface area contributed by atoms with Gasteiger partial charge < -0.3 is 10.8 Å². The molecule has 1 rings (SSSR count). The van der Waals surface area contributed by atoms with Crippen LogP contribution >= 0.6 is 8.03 Å². The Balaban J connectivity index is 2.26. The van der Waals surface area contributed by atoms with E-state index in [0.29, 0.717) is 12.1 Å². The minimum absolute atomic E-state index is 0.399. The molecule has 1 saturated carbocycles. The molecule has 3 atom stereocenters. The molecule has 0 aliphatic heterocycles. The highest BCUT2D eigenvalue weighted by atomic mass is 31.1. The van der Waals surface area contributed by atoms with E-state index in [1.165, 1.54) is 32.1 Å². The SMILES string of the molecule is CC[PH](=O)OC(O)[C@@H](N)CC1CCCCC1. The van der Waals surface area contributed by atoms with E-state index in [-0.39, 0.29) is 0 Å². The zero-order chi connectivity index (χ0) is 12.0. The molecule has 0 heterocycles. The number of hydrogen-bond donors (Lipinski definition) is 2. The molecule has 0 radical (unpaired) electrons.